The molecule has 1 heterocycles. The third-order valence-corrected chi connectivity index (χ3v) is 3.96. The molecule has 1 aliphatic heterocycles. The van der Waals surface area contributed by atoms with Crippen molar-refractivity contribution < 1.29 is 14.3 Å². The van der Waals surface area contributed by atoms with Crippen LogP contribution in [0.2, 0.25) is 0 Å². The van der Waals surface area contributed by atoms with Gasteiger partial charge in [-0.05, 0) is 54.9 Å². The molecule has 1 aliphatic rings. The van der Waals surface area contributed by atoms with Gasteiger partial charge >= 0.3 is 6.09 Å². The Bertz CT molecular complexity index is 535. The highest BCUT2D eigenvalue weighted by Crippen LogP contribution is 2.29. The van der Waals surface area contributed by atoms with Crippen molar-refractivity contribution in [1.29, 1.82) is 0 Å². The summed E-state index contributed by atoms with van der Waals surface area (Å²) >= 11 is 3.45. The number of amides is 1. The molecule has 5 nitrogen and oxygen atoms in total. The molecule has 0 spiro atoms. The monoisotopic (exact) mass is 370 g/mol. The molecule has 22 heavy (non-hydrogen) atoms. The van der Waals surface area contributed by atoms with Gasteiger partial charge in [-0.2, -0.15) is 0 Å². The summed E-state index contributed by atoms with van der Waals surface area (Å²) in [5, 5.41) is 0. The smallest absolute Gasteiger partial charge is 0.410 e. The number of benzene rings is 1. The van der Waals surface area contributed by atoms with E-state index < -0.39 is 5.60 Å². The van der Waals surface area contributed by atoms with E-state index in [1.165, 1.54) is 0 Å². The average molecular weight is 371 g/mol. The maximum Gasteiger partial charge on any atom is 0.410 e. The van der Waals surface area contributed by atoms with Crippen molar-refractivity contribution in [2.24, 2.45) is 0 Å². The highest BCUT2D eigenvalue weighted by atomic mass is 79.9. The Morgan fingerprint density at radius 1 is 1.32 bits per heavy atom. The van der Waals surface area contributed by atoms with Crippen molar-refractivity contribution in [3.05, 3.63) is 22.7 Å². The van der Waals surface area contributed by atoms with Gasteiger partial charge in [0.2, 0.25) is 0 Å². The molecule has 1 saturated heterocycles. The van der Waals surface area contributed by atoms with Crippen molar-refractivity contribution in [3.8, 4) is 5.75 Å². The molecule has 0 atom stereocenters. The number of anilines is 1. The van der Waals surface area contributed by atoms with E-state index in [2.05, 4.69) is 15.9 Å². The molecule has 6 heteroatoms. The number of hydrogen-bond acceptors (Lipinski definition) is 4. The van der Waals surface area contributed by atoms with Crippen LogP contribution in [0.25, 0.3) is 0 Å². The number of nitrogens with two attached hydrogens (primary N) is 1. The van der Waals surface area contributed by atoms with E-state index in [4.69, 9.17) is 15.2 Å². The molecule has 1 aromatic carbocycles. The lowest BCUT2D eigenvalue weighted by Gasteiger charge is -2.33. The van der Waals surface area contributed by atoms with E-state index in [0.29, 0.717) is 18.8 Å². The fraction of sp³-hybridized carbons (Fsp3) is 0.562. The lowest BCUT2D eigenvalue weighted by molar-refractivity contribution is 0.0126. The van der Waals surface area contributed by atoms with Crippen LogP contribution in [0, 0.1) is 0 Å². The number of likely N-dealkylation sites (tertiary alicyclic amines) is 1. The minimum atomic E-state index is -0.459. The Hall–Kier alpha value is -1.43. The highest BCUT2D eigenvalue weighted by Gasteiger charge is 2.27. The van der Waals surface area contributed by atoms with E-state index in [1.807, 2.05) is 39.0 Å². The van der Waals surface area contributed by atoms with Gasteiger partial charge in [0.05, 0.1) is 4.47 Å². The number of halogens is 1. The van der Waals surface area contributed by atoms with E-state index in [0.717, 1.165) is 23.1 Å². The largest absolute Gasteiger partial charge is 0.489 e. The molecule has 0 aromatic heterocycles. The Kier molecular flexibility index (Phi) is 5.21. The second-order valence-electron chi connectivity index (χ2n) is 6.47. The summed E-state index contributed by atoms with van der Waals surface area (Å²) in [6, 6.07) is 5.50. The molecule has 1 aromatic rings. The molecule has 0 radical (unpaired) electrons. The fourth-order valence-corrected chi connectivity index (χ4v) is 2.76. The molecular formula is C16H23BrN2O3. The zero-order chi connectivity index (χ0) is 16.3. The van der Waals surface area contributed by atoms with Crippen LogP contribution in [-0.4, -0.2) is 35.8 Å². The number of nitrogen functional groups attached to an aromatic ring is 1. The first kappa shape index (κ1) is 16.9. The molecule has 1 amide bonds. The van der Waals surface area contributed by atoms with Crippen LogP contribution in [0.1, 0.15) is 33.6 Å². The zero-order valence-corrected chi connectivity index (χ0v) is 14.9. The highest BCUT2D eigenvalue weighted by molar-refractivity contribution is 9.10. The Labute approximate surface area is 139 Å². The van der Waals surface area contributed by atoms with Crippen LogP contribution in [-0.2, 0) is 4.74 Å². The topological polar surface area (TPSA) is 64.8 Å². The zero-order valence-electron chi connectivity index (χ0n) is 13.3. The predicted molar refractivity (Wildman–Crippen MR) is 90.0 cm³/mol. The van der Waals surface area contributed by atoms with Crippen LogP contribution in [0.5, 0.6) is 5.75 Å². The summed E-state index contributed by atoms with van der Waals surface area (Å²) in [7, 11) is 0. The Morgan fingerprint density at radius 3 is 2.50 bits per heavy atom. The van der Waals surface area contributed by atoms with Gasteiger partial charge in [-0.15, -0.1) is 0 Å². The number of carbonyl (C=O) groups excluding carboxylic acids is 1. The molecule has 1 fully saturated rings. The first-order chi connectivity index (χ1) is 10.2. The van der Waals surface area contributed by atoms with E-state index in [-0.39, 0.29) is 12.2 Å². The van der Waals surface area contributed by atoms with Gasteiger partial charge in [0.1, 0.15) is 17.5 Å². The van der Waals surface area contributed by atoms with Crippen LogP contribution < -0.4 is 10.5 Å². The lowest BCUT2D eigenvalue weighted by Crippen LogP contribution is -2.44. The normalized spacial score (nSPS) is 16.5. The minimum absolute atomic E-state index is 0.0959. The fourth-order valence-electron chi connectivity index (χ4n) is 2.27. The van der Waals surface area contributed by atoms with Crippen LogP contribution in [0.3, 0.4) is 0 Å². The maximum atomic E-state index is 12.0. The number of carbonyl (C=O) groups is 1. The van der Waals surface area contributed by atoms with Crippen molar-refractivity contribution in [2.45, 2.75) is 45.3 Å². The van der Waals surface area contributed by atoms with Crippen LogP contribution in [0.4, 0.5) is 10.5 Å². The number of rotatable bonds is 2. The predicted octanol–water partition coefficient (Wildman–Crippen LogP) is 3.81. The number of piperidine rings is 1. The maximum absolute atomic E-state index is 12.0. The molecule has 0 saturated carbocycles. The number of hydrogen-bond donors (Lipinski definition) is 1. The number of ether oxygens (including phenoxy) is 2. The van der Waals surface area contributed by atoms with Gasteiger partial charge < -0.3 is 20.1 Å². The minimum Gasteiger partial charge on any atom is -0.489 e. The second-order valence-corrected chi connectivity index (χ2v) is 7.33. The standard InChI is InChI=1S/C16H23BrN2O3/c1-16(2,3)22-15(20)19-8-6-12(7-9-19)21-14-5-4-11(18)10-13(14)17/h4-5,10,12H,6-9,18H2,1-3H3. The summed E-state index contributed by atoms with van der Waals surface area (Å²) in [5.74, 6) is 0.782. The average Bonchev–Trinajstić information content (AvgIpc) is 2.41. The molecule has 2 rings (SSSR count). The van der Waals surface area contributed by atoms with Crippen molar-refractivity contribution >= 4 is 27.7 Å². The Balaban J connectivity index is 1.86. The second kappa shape index (κ2) is 6.77. The van der Waals surface area contributed by atoms with Gasteiger partial charge in [-0.3, -0.25) is 0 Å². The first-order valence-electron chi connectivity index (χ1n) is 7.44. The molecule has 0 unspecified atom stereocenters. The number of nitrogens with zero attached hydrogens (tertiary/aromatic N) is 1. The molecule has 122 valence electrons. The van der Waals surface area contributed by atoms with Crippen molar-refractivity contribution in [1.82, 2.24) is 4.90 Å². The third kappa shape index (κ3) is 4.80. The molecule has 2 N–H and O–H groups in total. The van der Waals surface area contributed by atoms with Crippen LogP contribution in [0.15, 0.2) is 22.7 Å². The Morgan fingerprint density at radius 2 is 1.95 bits per heavy atom. The molecular weight excluding hydrogens is 348 g/mol. The third-order valence-electron chi connectivity index (χ3n) is 3.34. The van der Waals surface area contributed by atoms with Gasteiger partial charge in [0.25, 0.3) is 0 Å². The van der Waals surface area contributed by atoms with Gasteiger partial charge in [-0.25, -0.2) is 4.79 Å². The summed E-state index contributed by atoms with van der Waals surface area (Å²) in [5.41, 5.74) is 5.95. The quantitative estimate of drug-likeness (QED) is 0.803. The van der Waals surface area contributed by atoms with Gasteiger partial charge in [-0.1, -0.05) is 0 Å². The summed E-state index contributed by atoms with van der Waals surface area (Å²) < 4.78 is 12.2. The van der Waals surface area contributed by atoms with Crippen molar-refractivity contribution in [3.63, 3.8) is 0 Å². The van der Waals surface area contributed by atoms with Crippen molar-refractivity contribution in [2.75, 3.05) is 18.8 Å². The molecule has 0 aliphatic carbocycles. The summed E-state index contributed by atoms with van der Waals surface area (Å²) in [6.45, 7) is 6.91. The van der Waals surface area contributed by atoms with E-state index in [1.54, 1.807) is 4.90 Å². The molecule has 0 bridgehead atoms. The SMILES string of the molecule is CC(C)(C)OC(=O)N1CCC(Oc2ccc(N)cc2Br)CC1. The van der Waals surface area contributed by atoms with E-state index in [9.17, 15) is 4.79 Å². The lowest BCUT2D eigenvalue weighted by atomic mass is 10.1. The van der Waals surface area contributed by atoms with Crippen LogP contribution >= 0.6 is 15.9 Å². The first-order valence-corrected chi connectivity index (χ1v) is 8.23. The summed E-state index contributed by atoms with van der Waals surface area (Å²) in [6.07, 6.45) is 1.42. The van der Waals surface area contributed by atoms with E-state index >= 15 is 0 Å². The summed E-state index contributed by atoms with van der Waals surface area (Å²) in [4.78, 5) is 13.8. The van der Waals surface area contributed by atoms with Gasteiger partial charge in [0.15, 0.2) is 0 Å². The van der Waals surface area contributed by atoms with Gasteiger partial charge in [0, 0.05) is 31.6 Å².